The Balaban J connectivity index is 0.00000486. The van der Waals surface area contributed by atoms with Crippen LogP contribution in [-0.4, -0.2) is 70.0 Å². The number of fused-ring (bicyclic) bond motifs is 4. The average molecular weight is 711 g/mol. The Morgan fingerprint density at radius 2 is 1.56 bits per heavy atom. The lowest BCUT2D eigenvalue weighted by Gasteiger charge is -2.32. The van der Waals surface area contributed by atoms with Crippen molar-refractivity contribution in [3.8, 4) is 28.7 Å². The molecule has 1 aliphatic carbocycles. The zero-order chi connectivity index (χ0) is 34.8. The molecule has 6 rings (SSSR count). The number of hydrogen-bond acceptors (Lipinski definition) is 11. The Hall–Kier alpha value is -4.88. The van der Waals surface area contributed by atoms with Crippen LogP contribution >= 0.6 is 12.4 Å². The first-order valence-corrected chi connectivity index (χ1v) is 16.3. The van der Waals surface area contributed by atoms with Crippen LogP contribution in [0.4, 0.5) is 5.69 Å². The summed E-state index contributed by atoms with van der Waals surface area (Å²) >= 11 is 0. The van der Waals surface area contributed by atoms with E-state index >= 15 is 0 Å². The summed E-state index contributed by atoms with van der Waals surface area (Å²) in [5.41, 5.74) is 4.99. The highest BCUT2D eigenvalue weighted by Gasteiger charge is 2.41. The summed E-state index contributed by atoms with van der Waals surface area (Å²) in [7, 11) is 7.56. The smallest absolute Gasteiger partial charge is 0.350 e. The molecule has 0 spiro atoms. The lowest BCUT2D eigenvalue weighted by atomic mass is 9.73. The Labute approximate surface area is 295 Å². The highest BCUT2D eigenvalue weighted by molar-refractivity contribution is 5.97. The molecule has 2 aliphatic rings. The minimum atomic E-state index is -0.637. The number of hydrogen-bond donors (Lipinski definition) is 2. The van der Waals surface area contributed by atoms with Gasteiger partial charge in [-0.2, -0.15) is 0 Å². The number of anilines is 1. The fourth-order valence-corrected chi connectivity index (χ4v) is 7.33. The summed E-state index contributed by atoms with van der Waals surface area (Å²) in [6.07, 6.45) is 2.50. The molecule has 50 heavy (non-hydrogen) atoms. The van der Waals surface area contributed by atoms with Crippen molar-refractivity contribution in [2.45, 2.75) is 44.7 Å². The van der Waals surface area contributed by atoms with Crippen LogP contribution in [0.15, 0.2) is 52.1 Å². The summed E-state index contributed by atoms with van der Waals surface area (Å²) < 4.78 is 35.4. The third kappa shape index (κ3) is 6.42. The molecule has 2 heterocycles. The zero-order valence-corrected chi connectivity index (χ0v) is 29.8. The second-order valence-electron chi connectivity index (χ2n) is 12.0. The average Bonchev–Trinajstić information content (AvgIpc) is 3.55. The van der Waals surface area contributed by atoms with E-state index in [2.05, 4.69) is 16.8 Å². The van der Waals surface area contributed by atoms with E-state index in [1.165, 1.54) is 60.9 Å². The number of methoxy groups -OCH3 is 5. The van der Waals surface area contributed by atoms with Gasteiger partial charge in [0.15, 0.2) is 23.0 Å². The molecule has 0 amide bonds. The number of esters is 1. The van der Waals surface area contributed by atoms with Gasteiger partial charge in [0.2, 0.25) is 0 Å². The standard InChI is InChI=1S/C36H42N4O9.ClH/c1-7-49-35(42)23-15-29(45-3)31(47-5)17-26(23)38-40-27-18-32(48-6)30(46-4)16-24(27)34(41)39(36(40)43)14-13-25-33-20(19-37-25)11-12-21-22(33)9-8-10-28(21)44-2;/h8-10,15-18,20,25,33,37-38H,7,11-14,19H2,1-6H3;1H. The van der Waals surface area contributed by atoms with Crippen LogP contribution in [0.5, 0.6) is 28.7 Å². The van der Waals surface area contributed by atoms with E-state index < -0.39 is 17.2 Å². The van der Waals surface area contributed by atoms with E-state index in [4.69, 9.17) is 28.4 Å². The maximum absolute atomic E-state index is 14.4. The number of rotatable bonds is 12. The van der Waals surface area contributed by atoms with E-state index in [9.17, 15) is 14.4 Å². The summed E-state index contributed by atoms with van der Waals surface area (Å²) in [6, 6.07) is 12.3. The van der Waals surface area contributed by atoms with Gasteiger partial charge in [-0.25, -0.2) is 14.3 Å². The predicted molar refractivity (Wildman–Crippen MR) is 191 cm³/mol. The van der Waals surface area contributed by atoms with E-state index in [1.54, 1.807) is 26.2 Å². The SMILES string of the molecule is CCOC(=O)c1cc(OC)c(OC)cc1Nn1c(=O)n(CCC2NCC3CCc4c(OC)cccc4C32)c(=O)c2cc(OC)c(OC)cc21.Cl. The quantitative estimate of drug-likeness (QED) is 0.202. The molecule has 1 fully saturated rings. The minimum absolute atomic E-state index is 0. The molecular weight excluding hydrogens is 668 g/mol. The van der Waals surface area contributed by atoms with Crippen molar-refractivity contribution in [2.24, 2.45) is 5.92 Å². The van der Waals surface area contributed by atoms with Crippen molar-refractivity contribution >= 4 is 35.0 Å². The van der Waals surface area contributed by atoms with Crippen LogP contribution in [-0.2, 0) is 17.7 Å². The van der Waals surface area contributed by atoms with Gasteiger partial charge in [0.1, 0.15) is 5.75 Å². The first-order valence-electron chi connectivity index (χ1n) is 16.3. The van der Waals surface area contributed by atoms with Crippen LogP contribution in [0.1, 0.15) is 47.2 Å². The monoisotopic (exact) mass is 710 g/mol. The number of carbonyl (C=O) groups excluding carboxylic acids is 1. The molecule has 0 bridgehead atoms. The maximum atomic E-state index is 14.4. The summed E-state index contributed by atoms with van der Waals surface area (Å²) in [5.74, 6) is 2.18. The largest absolute Gasteiger partial charge is 0.496 e. The molecule has 1 saturated heterocycles. The second kappa shape index (κ2) is 15.3. The van der Waals surface area contributed by atoms with Gasteiger partial charge in [0, 0.05) is 36.7 Å². The number of aromatic nitrogens is 2. The maximum Gasteiger partial charge on any atom is 0.350 e. The predicted octanol–water partition coefficient (Wildman–Crippen LogP) is 4.39. The summed E-state index contributed by atoms with van der Waals surface area (Å²) in [5, 5.41) is 3.89. The van der Waals surface area contributed by atoms with Crippen molar-refractivity contribution in [2.75, 3.05) is 54.1 Å². The molecule has 3 unspecified atom stereocenters. The van der Waals surface area contributed by atoms with Crippen molar-refractivity contribution in [1.82, 2.24) is 14.6 Å². The number of carbonyl (C=O) groups is 1. The molecule has 0 radical (unpaired) electrons. The molecule has 3 aromatic carbocycles. The molecule has 14 heteroatoms. The lowest BCUT2D eigenvalue weighted by Crippen LogP contribution is -2.43. The molecule has 2 N–H and O–H groups in total. The van der Waals surface area contributed by atoms with Gasteiger partial charge >= 0.3 is 11.7 Å². The van der Waals surface area contributed by atoms with Crippen LogP contribution in [0, 0.1) is 5.92 Å². The van der Waals surface area contributed by atoms with Gasteiger partial charge in [-0.15, -0.1) is 12.4 Å². The minimum Gasteiger partial charge on any atom is -0.496 e. The number of nitrogens with zero attached hydrogens (tertiary/aromatic N) is 2. The second-order valence-corrected chi connectivity index (χ2v) is 12.0. The topological polar surface area (TPSA) is 141 Å². The molecule has 0 saturated carbocycles. The fraction of sp³-hybridized carbons (Fsp3) is 0.417. The van der Waals surface area contributed by atoms with Crippen molar-refractivity contribution in [3.63, 3.8) is 0 Å². The first-order chi connectivity index (χ1) is 23.8. The molecule has 3 atom stereocenters. The van der Waals surface area contributed by atoms with Gasteiger partial charge in [0.25, 0.3) is 5.56 Å². The van der Waals surface area contributed by atoms with Crippen molar-refractivity contribution in [3.05, 3.63) is 80.0 Å². The van der Waals surface area contributed by atoms with Crippen LogP contribution in [0.25, 0.3) is 10.9 Å². The van der Waals surface area contributed by atoms with E-state index in [-0.39, 0.29) is 59.7 Å². The van der Waals surface area contributed by atoms with E-state index in [0.717, 1.165) is 25.1 Å². The summed E-state index contributed by atoms with van der Waals surface area (Å²) in [4.78, 5) is 41.6. The van der Waals surface area contributed by atoms with Gasteiger partial charge in [-0.1, -0.05) is 12.1 Å². The third-order valence-electron chi connectivity index (χ3n) is 9.65. The molecule has 4 aromatic rings. The normalized spacial score (nSPS) is 17.6. The number of ether oxygens (including phenoxy) is 6. The van der Waals surface area contributed by atoms with Crippen LogP contribution in [0.3, 0.4) is 0 Å². The number of halogens is 1. The van der Waals surface area contributed by atoms with Crippen LogP contribution in [0.2, 0.25) is 0 Å². The number of nitrogens with one attached hydrogen (secondary N) is 2. The Kier molecular flexibility index (Phi) is 11.2. The molecule has 1 aliphatic heterocycles. The summed E-state index contributed by atoms with van der Waals surface area (Å²) in [6.45, 7) is 2.83. The molecule has 1 aromatic heterocycles. The van der Waals surface area contributed by atoms with Gasteiger partial charge in [0.05, 0.1) is 64.3 Å². The van der Waals surface area contributed by atoms with Crippen molar-refractivity contribution in [1.29, 1.82) is 0 Å². The Bertz CT molecular complexity index is 2010. The highest BCUT2D eigenvalue weighted by Crippen LogP contribution is 2.45. The third-order valence-corrected chi connectivity index (χ3v) is 9.65. The van der Waals surface area contributed by atoms with Crippen LogP contribution < -0.4 is 45.7 Å². The first kappa shape index (κ1) is 36.4. The Morgan fingerprint density at radius 1 is 0.900 bits per heavy atom. The van der Waals surface area contributed by atoms with Gasteiger partial charge in [-0.3, -0.25) is 14.8 Å². The highest BCUT2D eigenvalue weighted by atomic mass is 35.5. The number of benzene rings is 3. The fourth-order valence-electron chi connectivity index (χ4n) is 7.33. The van der Waals surface area contributed by atoms with Gasteiger partial charge in [-0.05, 0) is 61.9 Å². The molecule has 13 nitrogen and oxygen atoms in total. The van der Waals surface area contributed by atoms with Gasteiger partial charge < -0.3 is 33.7 Å². The Morgan fingerprint density at radius 3 is 2.24 bits per heavy atom. The van der Waals surface area contributed by atoms with Crippen molar-refractivity contribution < 1.29 is 33.2 Å². The molecule has 268 valence electrons. The molecular formula is C36H43ClN4O9. The van der Waals surface area contributed by atoms with E-state index in [0.29, 0.717) is 35.3 Å². The lowest BCUT2D eigenvalue weighted by molar-refractivity contribution is 0.0527. The zero-order valence-electron chi connectivity index (χ0n) is 29.0. The van der Waals surface area contributed by atoms with E-state index in [1.807, 2.05) is 12.1 Å².